The van der Waals surface area contributed by atoms with Gasteiger partial charge in [0.2, 0.25) is 5.91 Å². The molecule has 6 nitrogen and oxygen atoms in total. The molecule has 1 amide bonds. The van der Waals surface area contributed by atoms with Crippen molar-refractivity contribution in [2.45, 2.75) is 51.2 Å². The van der Waals surface area contributed by atoms with Crippen LogP contribution in [-0.4, -0.2) is 65.6 Å². The van der Waals surface area contributed by atoms with Gasteiger partial charge in [0.25, 0.3) is 5.19 Å². The first-order valence-corrected chi connectivity index (χ1v) is 11.9. The zero-order valence-electron chi connectivity index (χ0n) is 17.7. The van der Waals surface area contributed by atoms with Crippen LogP contribution in [0.4, 0.5) is 0 Å². The van der Waals surface area contributed by atoms with Gasteiger partial charge in [0.1, 0.15) is 11.9 Å². The van der Waals surface area contributed by atoms with Crippen molar-refractivity contribution < 1.29 is 14.3 Å². The maximum Gasteiger partial charge on any atom is 0.273 e. The molecular formula is C23H31N3O3S. The monoisotopic (exact) mass is 429 g/mol. The molecule has 2 aromatic rings. The number of carbonyl (C=O) groups is 1. The van der Waals surface area contributed by atoms with Gasteiger partial charge in [-0.25, -0.2) is 4.98 Å². The van der Waals surface area contributed by atoms with E-state index < -0.39 is 0 Å². The van der Waals surface area contributed by atoms with Crippen molar-refractivity contribution in [2.75, 3.05) is 32.8 Å². The van der Waals surface area contributed by atoms with E-state index in [1.165, 1.54) is 0 Å². The fourth-order valence-electron chi connectivity index (χ4n) is 4.41. The van der Waals surface area contributed by atoms with Gasteiger partial charge in [-0.05, 0) is 50.3 Å². The van der Waals surface area contributed by atoms with Crippen LogP contribution < -0.4 is 9.47 Å². The van der Waals surface area contributed by atoms with Crippen LogP contribution in [0.25, 0.3) is 0 Å². The lowest BCUT2D eigenvalue weighted by atomic mass is 9.98. The summed E-state index contributed by atoms with van der Waals surface area (Å²) < 4.78 is 11.5. The fraction of sp³-hybridized carbons (Fsp3) is 0.565. The molecule has 2 aliphatic rings. The third-order valence-corrected chi connectivity index (χ3v) is 6.74. The number of nitrogens with zero attached hydrogens (tertiary/aromatic N) is 3. The summed E-state index contributed by atoms with van der Waals surface area (Å²) in [5, 5.41) is 2.74. The third-order valence-electron chi connectivity index (χ3n) is 6.08. The standard InChI is InChI=1S/C23H31N3O3S/c1-2-28-20-5-3-18(4-6-20)17-22(27)26-12-7-19(8-13-26)25-14-9-21(10-15-25)29-23-24-11-16-30-23/h3-6,11,16,19,21H,2,7-10,12-15,17H2,1H3. The smallest absolute Gasteiger partial charge is 0.273 e. The van der Waals surface area contributed by atoms with Crippen LogP contribution in [0.3, 0.4) is 0 Å². The lowest BCUT2D eigenvalue weighted by Crippen LogP contribution is -2.50. The lowest BCUT2D eigenvalue weighted by Gasteiger charge is -2.41. The molecule has 0 atom stereocenters. The SMILES string of the molecule is CCOc1ccc(CC(=O)N2CCC(N3CCC(Oc4nccs4)CC3)CC2)cc1. The van der Waals surface area contributed by atoms with Crippen molar-refractivity contribution in [3.63, 3.8) is 0 Å². The summed E-state index contributed by atoms with van der Waals surface area (Å²) in [6.45, 7) is 6.48. The number of aromatic nitrogens is 1. The Labute approximate surface area is 182 Å². The number of benzene rings is 1. The predicted octanol–water partition coefficient (Wildman–Crippen LogP) is 3.62. The summed E-state index contributed by atoms with van der Waals surface area (Å²) in [4.78, 5) is 21.6. The minimum Gasteiger partial charge on any atom is -0.494 e. The molecular weight excluding hydrogens is 398 g/mol. The number of carbonyl (C=O) groups excluding carboxylic acids is 1. The Morgan fingerprint density at radius 3 is 2.47 bits per heavy atom. The lowest BCUT2D eigenvalue weighted by molar-refractivity contribution is -0.132. The van der Waals surface area contributed by atoms with Crippen molar-refractivity contribution in [1.29, 1.82) is 0 Å². The Balaban J connectivity index is 1.19. The Kier molecular flexibility index (Phi) is 7.23. The Morgan fingerprint density at radius 2 is 1.83 bits per heavy atom. The molecule has 1 aromatic heterocycles. The summed E-state index contributed by atoms with van der Waals surface area (Å²) in [6, 6.07) is 8.46. The van der Waals surface area contributed by atoms with Crippen molar-refractivity contribution in [1.82, 2.24) is 14.8 Å². The number of rotatable bonds is 7. The summed E-state index contributed by atoms with van der Waals surface area (Å²) in [5.41, 5.74) is 1.05. The number of amides is 1. The van der Waals surface area contributed by atoms with Gasteiger partial charge in [-0.1, -0.05) is 23.5 Å². The van der Waals surface area contributed by atoms with E-state index in [0.29, 0.717) is 19.1 Å². The van der Waals surface area contributed by atoms with Crippen molar-refractivity contribution >= 4 is 17.2 Å². The van der Waals surface area contributed by atoms with Crippen LogP contribution in [0.5, 0.6) is 10.9 Å². The van der Waals surface area contributed by atoms with Gasteiger partial charge in [0.05, 0.1) is 13.0 Å². The van der Waals surface area contributed by atoms with Crippen molar-refractivity contribution in [3.8, 4) is 10.9 Å². The number of thiazole rings is 1. The molecule has 1 aromatic carbocycles. The average Bonchev–Trinajstić information content (AvgIpc) is 3.29. The second-order valence-corrected chi connectivity index (χ2v) is 8.87. The molecule has 0 N–H and O–H groups in total. The Hall–Kier alpha value is -2.12. The zero-order chi connectivity index (χ0) is 20.8. The molecule has 4 rings (SSSR count). The number of hydrogen-bond donors (Lipinski definition) is 0. The summed E-state index contributed by atoms with van der Waals surface area (Å²) >= 11 is 1.56. The molecule has 0 unspecified atom stereocenters. The molecule has 30 heavy (non-hydrogen) atoms. The van der Waals surface area contributed by atoms with Gasteiger partial charge in [0.15, 0.2) is 0 Å². The highest BCUT2D eigenvalue weighted by atomic mass is 32.1. The molecule has 7 heteroatoms. The topological polar surface area (TPSA) is 54.9 Å². The van der Waals surface area contributed by atoms with Crippen LogP contribution in [0, 0.1) is 0 Å². The van der Waals surface area contributed by atoms with E-state index >= 15 is 0 Å². The summed E-state index contributed by atoms with van der Waals surface area (Å²) in [7, 11) is 0. The quantitative estimate of drug-likeness (QED) is 0.673. The van der Waals surface area contributed by atoms with E-state index in [9.17, 15) is 4.79 Å². The second kappa shape index (κ2) is 10.3. The molecule has 2 aliphatic heterocycles. The van der Waals surface area contributed by atoms with Gasteiger partial charge < -0.3 is 14.4 Å². The number of likely N-dealkylation sites (tertiary alicyclic amines) is 2. The van der Waals surface area contributed by atoms with Gasteiger partial charge in [-0.2, -0.15) is 0 Å². The maximum atomic E-state index is 12.7. The van der Waals surface area contributed by atoms with Gasteiger partial charge in [-0.15, -0.1) is 0 Å². The first kappa shape index (κ1) is 21.1. The predicted molar refractivity (Wildman–Crippen MR) is 118 cm³/mol. The summed E-state index contributed by atoms with van der Waals surface area (Å²) in [6.07, 6.45) is 6.77. The van der Waals surface area contributed by atoms with E-state index in [4.69, 9.17) is 9.47 Å². The van der Waals surface area contributed by atoms with E-state index in [1.807, 2.05) is 41.5 Å². The first-order valence-electron chi connectivity index (χ1n) is 11.0. The maximum absolute atomic E-state index is 12.7. The van der Waals surface area contributed by atoms with Gasteiger partial charge in [-0.3, -0.25) is 9.69 Å². The molecule has 162 valence electrons. The molecule has 0 spiro atoms. The highest BCUT2D eigenvalue weighted by Gasteiger charge is 2.30. The summed E-state index contributed by atoms with van der Waals surface area (Å²) in [5.74, 6) is 1.09. The Bertz CT molecular complexity index is 781. The largest absolute Gasteiger partial charge is 0.494 e. The highest BCUT2D eigenvalue weighted by Crippen LogP contribution is 2.25. The number of hydrogen-bond acceptors (Lipinski definition) is 6. The van der Waals surface area contributed by atoms with Crippen LogP contribution >= 0.6 is 11.3 Å². The van der Waals surface area contributed by atoms with Crippen LogP contribution in [0.1, 0.15) is 38.2 Å². The third kappa shape index (κ3) is 5.52. The molecule has 0 radical (unpaired) electrons. The molecule has 0 aliphatic carbocycles. The number of piperidine rings is 2. The molecule has 0 bridgehead atoms. The van der Waals surface area contributed by atoms with Crippen LogP contribution in [0.2, 0.25) is 0 Å². The van der Waals surface area contributed by atoms with Crippen molar-refractivity contribution in [3.05, 3.63) is 41.4 Å². The van der Waals surface area contributed by atoms with Crippen LogP contribution in [-0.2, 0) is 11.2 Å². The van der Waals surface area contributed by atoms with Crippen LogP contribution in [0.15, 0.2) is 35.8 Å². The molecule has 3 heterocycles. The van der Waals surface area contributed by atoms with E-state index in [0.717, 1.165) is 68.4 Å². The first-order chi connectivity index (χ1) is 14.7. The zero-order valence-corrected chi connectivity index (χ0v) is 18.5. The van der Waals surface area contributed by atoms with E-state index in [2.05, 4.69) is 9.88 Å². The molecule has 2 saturated heterocycles. The highest BCUT2D eigenvalue weighted by molar-refractivity contribution is 7.11. The van der Waals surface area contributed by atoms with Gasteiger partial charge in [0, 0.05) is 43.8 Å². The Morgan fingerprint density at radius 1 is 1.10 bits per heavy atom. The van der Waals surface area contributed by atoms with E-state index in [-0.39, 0.29) is 12.0 Å². The molecule has 0 saturated carbocycles. The molecule has 2 fully saturated rings. The van der Waals surface area contributed by atoms with E-state index in [1.54, 1.807) is 17.5 Å². The normalized spacial score (nSPS) is 19.0. The number of ether oxygens (including phenoxy) is 2. The minimum absolute atomic E-state index is 0.230. The second-order valence-electron chi connectivity index (χ2n) is 8.02. The van der Waals surface area contributed by atoms with Crippen molar-refractivity contribution in [2.24, 2.45) is 0 Å². The fourth-order valence-corrected chi connectivity index (χ4v) is 4.96. The minimum atomic E-state index is 0.230. The average molecular weight is 430 g/mol. The van der Waals surface area contributed by atoms with Gasteiger partial charge >= 0.3 is 0 Å².